The van der Waals surface area contributed by atoms with E-state index < -0.39 is 0 Å². The lowest BCUT2D eigenvalue weighted by atomic mass is 10.2. The van der Waals surface area contributed by atoms with Crippen molar-refractivity contribution >= 4 is 37.8 Å². The van der Waals surface area contributed by atoms with Crippen LogP contribution >= 0.6 is 31.9 Å². The van der Waals surface area contributed by atoms with Gasteiger partial charge in [0.15, 0.2) is 0 Å². The summed E-state index contributed by atoms with van der Waals surface area (Å²) in [7, 11) is 0. The molecule has 0 atom stereocenters. The van der Waals surface area contributed by atoms with Gasteiger partial charge in [0.2, 0.25) is 0 Å². The molecule has 0 aliphatic carbocycles. The van der Waals surface area contributed by atoms with E-state index >= 15 is 0 Å². The molecular weight excluding hydrogens is 372 g/mol. The molecule has 1 heterocycles. The van der Waals surface area contributed by atoms with Crippen molar-refractivity contribution < 1.29 is 4.79 Å². The van der Waals surface area contributed by atoms with Gasteiger partial charge in [-0.1, -0.05) is 37.9 Å². The molecule has 0 saturated heterocycles. The molecule has 0 fully saturated rings. The van der Waals surface area contributed by atoms with Gasteiger partial charge < -0.3 is 5.32 Å². The van der Waals surface area contributed by atoms with E-state index in [4.69, 9.17) is 0 Å². The van der Waals surface area contributed by atoms with E-state index in [9.17, 15) is 4.79 Å². The summed E-state index contributed by atoms with van der Waals surface area (Å²) in [5, 5.41) is 2.89. The highest BCUT2D eigenvalue weighted by Crippen LogP contribution is 2.19. The van der Waals surface area contributed by atoms with Crippen molar-refractivity contribution in [3.63, 3.8) is 0 Å². The smallest absolute Gasteiger partial charge is 0.251 e. The molecule has 0 saturated carbocycles. The summed E-state index contributed by atoms with van der Waals surface area (Å²) in [5.41, 5.74) is 1.74. The van der Waals surface area contributed by atoms with Gasteiger partial charge in [0, 0.05) is 33.4 Å². The first-order valence-corrected chi connectivity index (χ1v) is 7.37. The van der Waals surface area contributed by atoms with Gasteiger partial charge in [-0.05, 0) is 36.2 Å². The Labute approximate surface area is 128 Å². The molecule has 98 valence electrons. The van der Waals surface area contributed by atoms with Crippen molar-refractivity contribution in [3.05, 3.63) is 62.8 Å². The van der Waals surface area contributed by atoms with Crippen LogP contribution in [0.3, 0.4) is 0 Å². The number of carbonyl (C=O) groups excluding carboxylic acids is 1. The predicted molar refractivity (Wildman–Crippen MR) is 82.1 cm³/mol. The summed E-state index contributed by atoms with van der Waals surface area (Å²) in [6.45, 7) is 0.592. The van der Waals surface area contributed by atoms with Crippen LogP contribution in [0.5, 0.6) is 0 Å². The highest BCUT2D eigenvalue weighted by Gasteiger charge is 2.06. The third-order valence-electron chi connectivity index (χ3n) is 2.55. The normalized spacial score (nSPS) is 10.2. The molecule has 0 unspecified atom stereocenters. The molecule has 1 amide bonds. The lowest BCUT2D eigenvalue weighted by molar-refractivity contribution is 0.0954. The lowest BCUT2D eigenvalue weighted by Crippen LogP contribution is -2.25. The fraction of sp³-hybridized carbons (Fsp3) is 0.143. The van der Waals surface area contributed by atoms with Crippen molar-refractivity contribution in [2.24, 2.45) is 0 Å². The van der Waals surface area contributed by atoms with Crippen molar-refractivity contribution in [3.8, 4) is 0 Å². The van der Waals surface area contributed by atoms with Gasteiger partial charge in [-0.25, -0.2) is 0 Å². The molecule has 0 radical (unpaired) electrons. The van der Waals surface area contributed by atoms with Gasteiger partial charge in [-0.3, -0.25) is 9.78 Å². The van der Waals surface area contributed by atoms with Crippen LogP contribution in [0.25, 0.3) is 0 Å². The maximum atomic E-state index is 12.0. The zero-order chi connectivity index (χ0) is 13.7. The Morgan fingerprint density at radius 2 is 1.95 bits per heavy atom. The van der Waals surface area contributed by atoms with Crippen LogP contribution in [0.15, 0.2) is 51.7 Å². The van der Waals surface area contributed by atoms with Gasteiger partial charge in [0.05, 0.1) is 0 Å². The zero-order valence-corrected chi connectivity index (χ0v) is 13.2. The van der Waals surface area contributed by atoms with Gasteiger partial charge in [-0.2, -0.15) is 0 Å². The standard InChI is InChI=1S/C14H12Br2N2O/c15-12-6-11(7-13(16)8-12)14(19)18-5-3-10-2-1-4-17-9-10/h1-2,4,6-9H,3,5H2,(H,18,19). The molecule has 1 aromatic carbocycles. The van der Waals surface area contributed by atoms with Gasteiger partial charge in [0.1, 0.15) is 0 Å². The number of halogens is 2. The summed E-state index contributed by atoms with van der Waals surface area (Å²) in [5.74, 6) is -0.0779. The molecule has 0 bridgehead atoms. The number of hydrogen-bond donors (Lipinski definition) is 1. The van der Waals surface area contributed by atoms with Crippen molar-refractivity contribution in [1.29, 1.82) is 0 Å². The summed E-state index contributed by atoms with van der Waals surface area (Å²) < 4.78 is 1.75. The first-order valence-electron chi connectivity index (χ1n) is 5.78. The summed E-state index contributed by atoms with van der Waals surface area (Å²) >= 11 is 6.74. The SMILES string of the molecule is O=C(NCCc1cccnc1)c1cc(Br)cc(Br)c1. The maximum absolute atomic E-state index is 12.0. The third kappa shape index (κ3) is 4.44. The van der Waals surface area contributed by atoms with E-state index in [0.29, 0.717) is 12.1 Å². The Bertz CT molecular complexity index is 553. The number of carbonyl (C=O) groups is 1. The highest BCUT2D eigenvalue weighted by molar-refractivity contribution is 9.11. The van der Waals surface area contributed by atoms with E-state index in [1.807, 2.05) is 24.4 Å². The minimum Gasteiger partial charge on any atom is -0.352 e. The Balaban J connectivity index is 1.91. The molecular formula is C14H12Br2N2O. The predicted octanol–water partition coefficient (Wildman–Crippen LogP) is 3.58. The van der Waals surface area contributed by atoms with Crippen LogP contribution in [-0.2, 0) is 6.42 Å². The molecule has 2 rings (SSSR count). The molecule has 2 aromatic rings. The van der Waals surface area contributed by atoms with Gasteiger partial charge in [0.25, 0.3) is 5.91 Å². The van der Waals surface area contributed by atoms with Gasteiger partial charge in [-0.15, -0.1) is 0 Å². The first kappa shape index (κ1) is 14.2. The van der Waals surface area contributed by atoms with E-state index in [2.05, 4.69) is 42.2 Å². The number of pyridine rings is 1. The summed E-state index contributed by atoms with van der Waals surface area (Å²) in [6.07, 6.45) is 4.32. The Morgan fingerprint density at radius 3 is 2.58 bits per heavy atom. The number of nitrogens with zero attached hydrogens (tertiary/aromatic N) is 1. The monoisotopic (exact) mass is 382 g/mol. The second-order valence-corrected chi connectivity index (χ2v) is 5.86. The van der Waals surface area contributed by atoms with Crippen LogP contribution in [0.1, 0.15) is 15.9 Å². The molecule has 19 heavy (non-hydrogen) atoms. The Morgan fingerprint density at radius 1 is 1.21 bits per heavy atom. The fourth-order valence-electron chi connectivity index (χ4n) is 1.65. The molecule has 0 aliphatic heterocycles. The van der Waals surface area contributed by atoms with Crippen molar-refractivity contribution in [2.45, 2.75) is 6.42 Å². The second-order valence-electron chi connectivity index (χ2n) is 4.03. The lowest BCUT2D eigenvalue weighted by Gasteiger charge is -2.06. The van der Waals surface area contributed by atoms with Crippen LogP contribution in [0, 0.1) is 0 Å². The van der Waals surface area contributed by atoms with Crippen molar-refractivity contribution in [1.82, 2.24) is 10.3 Å². The zero-order valence-electron chi connectivity index (χ0n) is 10.1. The van der Waals surface area contributed by atoms with E-state index in [0.717, 1.165) is 20.9 Å². The largest absolute Gasteiger partial charge is 0.352 e. The van der Waals surface area contributed by atoms with E-state index in [1.54, 1.807) is 18.3 Å². The third-order valence-corrected chi connectivity index (χ3v) is 3.46. The average molecular weight is 384 g/mol. The van der Waals surface area contributed by atoms with E-state index in [1.165, 1.54) is 0 Å². The molecule has 1 N–H and O–H groups in total. The quantitative estimate of drug-likeness (QED) is 0.876. The molecule has 0 spiro atoms. The minimum absolute atomic E-state index is 0.0779. The fourth-order valence-corrected chi connectivity index (χ4v) is 2.95. The maximum Gasteiger partial charge on any atom is 0.251 e. The summed E-state index contributed by atoms with van der Waals surface area (Å²) in [4.78, 5) is 16.0. The van der Waals surface area contributed by atoms with Crippen LogP contribution in [0.4, 0.5) is 0 Å². The van der Waals surface area contributed by atoms with Crippen LogP contribution in [0.2, 0.25) is 0 Å². The van der Waals surface area contributed by atoms with E-state index in [-0.39, 0.29) is 5.91 Å². The first-order chi connectivity index (χ1) is 9.15. The van der Waals surface area contributed by atoms with Crippen LogP contribution in [-0.4, -0.2) is 17.4 Å². The number of aromatic nitrogens is 1. The number of benzene rings is 1. The van der Waals surface area contributed by atoms with Gasteiger partial charge >= 0.3 is 0 Å². The second kappa shape index (κ2) is 6.82. The molecule has 0 aliphatic rings. The Kier molecular flexibility index (Phi) is 5.10. The van der Waals surface area contributed by atoms with Crippen molar-refractivity contribution in [2.75, 3.05) is 6.54 Å². The molecule has 3 nitrogen and oxygen atoms in total. The number of amides is 1. The average Bonchev–Trinajstić information content (AvgIpc) is 2.38. The number of rotatable bonds is 4. The van der Waals surface area contributed by atoms with Crippen LogP contribution < -0.4 is 5.32 Å². The Hall–Kier alpha value is -1.20. The molecule has 1 aromatic heterocycles. The molecule has 5 heteroatoms. The number of nitrogens with one attached hydrogen (secondary N) is 1. The minimum atomic E-state index is -0.0779. The number of hydrogen-bond acceptors (Lipinski definition) is 2. The summed E-state index contributed by atoms with van der Waals surface area (Å²) in [6, 6.07) is 9.37. The highest BCUT2D eigenvalue weighted by atomic mass is 79.9. The topological polar surface area (TPSA) is 42.0 Å².